The van der Waals surface area contributed by atoms with Crippen LogP contribution in [0.2, 0.25) is 0 Å². The minimum Gasteiger partial charge on any atom is -0.272 e. The number of benzene rings is 3. The Morgan fingerprint density at radius 3 is 2.22 bits per heavy atom. The molecule has 6 heteroatoms. The standard InChI is InChI=1S/C26H24N4O2/c1-16-6-4-7-19(12-16)20-8-5-9-21(14-20)25(31)29-30-26(32)24-15-23(27-28-24)22-13-17(2)10-11-18(22)3/h4-15H,1-3H3,(H,27,28)(H,29,31)(H,30,32). The zero-order valence-corrected chi connectivity index (χ0v) is 18.2. The summed E-state index contributed by atoms with van der Waals surface area (Å²) in [6.45, 7) is 6.03. The van der Waals surface area contributed by atoms with Crippen LogP contribution in [0.4, 0.5) is 0 Å². The Bertz CT molecular complexity index is 1310. The second kappa shape index (κ2) is 8.89. The van der Waals surface area contributed by atoms with Crippen LogP contribution in [0.5, 0.6) is 0 Å². The van der Waals surface area contributed by atoms with Gasteiger partial charge in [0.05, 0.1) is 5.69 Å². The third-order valence-electron chi connectivity index (χ3n) is 5.26. The van der Waals surface area contributed by atoms with Crippen molar-refractivity contribution in [3.8, 4) is 22.4 Å². The molecular formula is C26H24N4O2. The van der Waals surface area contributed by atoms with Crippen LogP contribution in [-0.4, -0.2) is 22.0 Å². The minimum absolute atomic E-state index is 0.259. The summed E-state index contributed by atoms with van der Waals surface area (Å²) in [6.07, 6.45) is 0. The Kier molecular flexibility index (Phi) is 5.85. The maximum Gasteiger partial charge on any atom is 0.287 e. The van der Waals surface area contributed by atoms with Gasteiger partial charge in [-0.15, -0.1) is 0 Å². The summed E-state index contributed by atoms with van der Waals surface area (Å²) in [5, 5.41) is 6.99. The molecular weight excluding hydrogens is 400 g/mol. The Hall–Kier alpha value is -4.19. The van der Waals surface area contributed by atoms with Gasteiger partial charge in [-0.05, 0) is 61.7 Å². The molecule has 0 saturated carbocycles. The average Bonchev–Trinajstić information content (AvgIpc) is 3.29. The Labute approximate surface area is 186 Å². The molecule has 1 aromatic heterocycles. The van der Waals surface area contributed by atoms with Crippen molar-refractivity contribution in [1.29, 1.82) is 0 Å². The number of aromatic amines is 1. The molecule has 2 amide bonds. The minimum atomic E-state index is -0.475. The lowest BCUT2D eigenvalue weighted by Crippen LogP contribution is -2.41. The summed E-state index contributed by atoms with van der Waals surface area (Å²) in [7, 11) is 0. The van der Waals surface area contributed by atoms with Gasteiger partial charge in [0.1, 0.15) is 5.69 Å². The van der Waals surface area contributed by atoms with Crippen molar-refractivity contribution in [2.75, 3.05) is 0 Å². The first-order valence-electron chi connectivity index (χ1n) is 10.3. The molecule has 0 spiro atoms. The Balaban J connectivity index is 1.44. The fraction of sp³-hybridized carbons (Fsp3) is 0.115. The zero-order chi connectivity index (χ0) is 22.7. The van der Waals surface area contributed by atoms with Gasteiger partial charge in [-0.3, -0.25) is 25.5 Å². The lowest BCUT2D eigenvalue weighted by atomic mass is 10.0. The molecule has 0 fully saturated rings. The van der Waals surface area contributed by atoms with Crippen LogP contribution in [0.3, 0.4) is 0 Å². The van der Waals surface area contributed by atoms with Crippen LogP contribution in [0.15, 0.2) is 72.8 Å². The van der Waals surface area contributed by atoms with Gasteiger partial charge in [-0.1, -0.05) is 59.7 Å². The molecule has 160 valence electrons. The van der Waals surface area contributed by atoms with Crippen molar-refractivity contribution in [1.82, 2.24) is 21.0 Å². The highest BCUT2D eigenvalue weighted by Gasteiger charge is 2.14. The van der Waals surface area contributed by atoms with Gasteiger partial charge in [0, 0.05) is 11.1 Å². The van der Waals surface area contributed by atoms with Crippen molar-refractivity contribution in [2.45, 2.75) is 20.8 Å². The largest absolute Gasteiger partial charge is 0.287 e. The Morgan fingerprint density at radius 1 is 0.750 bits per heavy atom. The van der Waals surface area contributed by atoms with Crippen LogP contribution < -0.4 is 10.9 Å². The summed E-state index contributed by atoms with van der Waals surface area (Å²) < 4.78 is 0. The molecule has 0 atom stereocenters. The number of aryl methyl sites for hydroxylation is 3. The van der Waals surface area contributed by atoms with E-state index >= 15 is 0 Å². The summed E-state index contributed by atoms with van der Waals surface area (Å²) in [6, 6.07) is 23.1. The summed E-state index contributed by atoms with van der Waals surface area (Å²) >= 11 is 0. The number of nitrogens with zero attached hydrogens (tertiary/aromatic N) is 1. The highest BCUT2D eigenvalue weighted by molar-refractivity contribution is 5.99. The molecule has 32 heavy (non-hydrogen) atoms. The zero-order valence-electron chi connectivity index (χ0n) is 18.2. The second-order valence-electron chi connectivity index (χ2n) is 7.84. The van der Waals surface area contributed by atoms with Crippen molar-refractivity contribution in [2.24, 2.45) is 0 Å². The van der Waals surface area contributed by atoms with Gasteiger partial charge in [0.2, 0.25) is 0 Å². The van der Waals surface area contributed by atoms with E-state index in [4.69, 9.17) is 0 Å². The number of hydrogen-bond donors (Lipinski definition) is 3. The number of nitrogens with one attached hydrogen (secondary N) is 3. The van der Waals surface area contributed by atoms with Crippen LogP contribution in [0.25, 0.3) is 22.4 Å². The fourth-order valence-electron chi connectivity index (χ4n) is 3.51. The van der Waals surface area contributed by atoms with E-state index in [1.54, 1.807) is 18.2 Å². The molecule has 0 bridgehead atoms. The number of carbonyl (C=O) groups excluding carboxylic acids is 2. The number of amides is 2. The highest BCUT2D eigenvalue weighted by Crippen LogP contribution is 2.23. The quantitative estimate of drug-likeness (QED) is 0.414. The SMILES string of the molecule is Cc1cccc(-c2cccc(C(=O)NNC(=O)c3cc(-c4cc(C)ccc4C)n[nH]3)c2)c1. The highest BCUT2D eigenvalue weighted by atomic mass is 16.2. The molecule has 0 aliphatic heterocycles. The van der Waals surface area contributed by atoms with E-state index in [1.807, 2.05) is 69.3 Å². The van der Waals surface area contributed by atoms with Gasteiger partial charge in [-0.25, -0.2) is 0 Å². The van der Waals surface area contributed by atoms with E-state index in [9.17, 15) is 9.59 Å². The lowest BCUT2D eigenvalue weighted by molar-refractivity contribution is 0.0844. The molecule has 0 radical (unpaired) electrons. The first kappa shape index (κ1) is 21.1. The van der Waals surface area contributed by atoms with E-state index in [1.165, 1.54) is 0 Å². The van der Waals surface area contributed by atoms with E-state index in [-0.39, 0.29) is 5.69 Å². The van der Waals surface area contributed by atoms with Crippen molar-refractivity contribution in [3.63, 3.8) is 0 Å². The van der Waals surface area contributed by atoms with Gasteiger partial charge in [0.25, 0.3) is 11.8 Å². The molecule has 3 N–H and O–H groups in total. The molecule has 0 aliphatic rings. The molecule has 4 rings (SSSR count). The average molecular weight is 425 g/mol. The number of carbonyl (C=O) groups is 2. The lowest BCUT2D eigenvalue weighted by Gasteiger charge is -2.08. The third kappa shape index (κ3) is 4.59. The number of hydrogen-bond acceptors (Lipinski definition) is 3. The smallest absolute Gasteiger partial charge is 0.272 e. The molecule has 0 aliphatic carbocycles. The third-order valence-corrected chi connectivity index (χ3v) is 5.26. The van der Waals surface area contributed by atoms with Gasteiger partial charge >= 0.3 is 0 Å². The van der Waals surface area contributed by atoms with E-state index in [0.717, 1.165) is 33.4 Å². The topological polar surface area (TPSA) is 86.9 Å². The number of hydrazine groups is 1. The molecule has 0 unspecified atom stereocenters. The van der Waals surface area contributed by atoms with E-state index in [2.05, 4.69) is 27.1 Å². The molecule has 0 saturated heterocycles. The second-order valence-corrected chi connectivity index (χ2v) is 7.84. The van der Waals surface area contributed by atoms with Crippen LogP contribution in [-0.2, 0) is 0 Å². The molecule has 1 heterocycles. The monoisotopic (exact) mass is 424 g/mol. The fourth-order valence-corrected chi connectivity index (χ4v) is 3.51. The molecule has 6 nitrogen and oxygen atoms in total. The summed E-state index contributed by atoms with van der Waals surface area (Å²) in [5.74, 6) is -0.876. The van der Waals surface area contributed by atoms with Crippen LogP contribution in [0.1, 0.15) is 37.5 Å². The molecule has 3 aromatic carbocycles. The normalized spacial score (nSPS) is 10.6. The maximum atomic E-state index is 12.6. The summed E-state index contributed by atoms with van der Waals surface area (Å²) in [4.78, 5) is 25.1. The van der Waals surface area contributed by atoms with E-state index in [0.29, 0.717) is 11.3 Å². The first-order valence-corrected chi connectivity index (χ1v) is 10.3. The van der Waals surface area contributed by atoms with Crippen LogP contribution in [0, 0.1) is 20.8 Å². The van der Waals surface area contributed by atoms with Crippen LogP contribution >= 0.6 is 0 Å². The van der Waals surface area contributed by atoms with Crippen molar-refractivity contribution >= 4 is 11.8 Å². The van der Waals surface area contributed by atoms with Gasteiger partial charge < -0.3 is 0 Å². The predicted molar refractivity (Wildman–Crippen MR) is 125 cm³/mol. The first-order chi connectivity index (χ1) is 15.4. The summed E-state index contributed by atoms with van der Waals surface area (Å²) in [5.41, 5.74) is 12.5. The predicted octanol–water partition coefficient (Wildman–Crippen LogP) is 4.74. The number of aromatic nitrogens is 2. The molecule has 4 aromatic rings. The Morgan fingerprint density at radius 2 is 1.44 bits per heavy atom. The van der Waals surface area contributed by atoms with Gasteiger partial charge in [-0.2, -0.15) is 5.10 Å². The number of H-pyrrole nitrogens is 1. The van der Waals surface area contributed by atoms with E-state index < -0.39 is 11.8 Å². The maximum absolute atomic E-state index is 12.6. The van der Waals surface area contributed by atoms with Crippen molar-refractivity contribution in [3.05, 3.63) is 101 Å². The van der Waals surface area contributed by atoms with Gasteiger partial charge in [0.15, 0.2) is 0 Å². The van der Waals surface area contributed by atoms with Crippen molar-refractivity contribution < 1.29 is 9.59 Å². The number of rotatable bonds is 4.